The zero-order valence-corrected chi connectivity index (χ0v) is 12.5. The van der Waals surface area contributed by atoms with Gasteiger partial charge in [-0.2, -0.15) is 0 Å². The topological polar surface area (TPSA) is 12.5 Å². The Kier molecular flexibility index (Phi) is 5.25. The van der Waals surface area contributed by atoms with Crippen LogP contribution in [0.3, 0.4) is 0 Å². The van der Waals surface area contributed by atoms with Gasteiger partial charge in [0.25, 0.3) is 0 Å². The molecular formula is C14H20INO. The van der Waals surface area contributed by atoms with Gasteiger partial charge >= 0.3 is 0 Å². The molecule has 1 aromatic carbocycles. The molecule has 17 heavy (non-hydrogen) atoms. The Hall–Kier alpha value is -0.130. The van der Waals surface area contributed by atoms with Gasteiger partial charge in [0.05, 0.1) is 6.10 Å². The highest BCUT2D eigenvalue weighted by Crippen LogP contribution is 2.15. The SMILES string of the molecule is CCN(Cc1ccc(I)cc1)CC1CCCO1. The van der Waals surface area contributed by atoms with Crippen molar-refractivity contribution in [2.75, 3.05) is 19.7 Å². The second-order valence-electron chi connectivity index (χ2n) is 4.59. The van der Waals surface area contributed by atoms with E-state index < -0.39 is 0 Å². The molecule has 3 heteroatoms. The number of benzene rings is 1. The third kappa shape index (κ3) is 4.23. The summed E-state index contributed by atoms with van der Waals surface area (Å²) in [4.78, 5) is 2.47. The summed E-state index contributed by atoms with van der Waals surface area (Å²) in [7, 11) is 0. The van der Waals surface area contributed by atoms with E-state index in [2.05, 4.69) is 58.7 Å². The maximum absolute atomic E-state index is 5.70. The molecule has 2 rings (SSSR count). The zero-order valence-electron chi connectivity index (χ0n) is 10.4. The van der Waals surface area contributed by atoms with E-state index in [-0.39, 0.29) is 0 Å². The molecule has 94 valence electrons. The minimum Gasteiger partial charge on any atom is -0.377 e. The number of hydrogen-bond donors (Lipinski definition) is 0. The molecule has 1 fully saturated rings. The summed E-state index contributed by atoms with van der Waals surface area (Å²) < 4.78 is 7.00. The van der Waals surface area contributed by atoms with Crippen LogP contribution in [-0.4, -0.2) is 30.7 Å². The predicted octanol–water partition coefficient (Wildman–Crippen LogP) is 3.29. The molecule has 0 saturated carbocycles. The van der Waals surface area contributed by atoms with Crippen LogP contribution < -0.4 is 0 Å². The fourth-order valence-corrected chi connectivity index (χ4v) is 2.59. The number of rotatable bonds is 5. The van der Waals surface area contributed by atoms with Gasteiger partial charge in [0.2, 0.25) is 0 Å². The summed E-state index contributed by atoms with van der Waals surface area (Å²) in [6.45, 7) is 6.37. The Morgan fingerprint density at radius 2 is 2.12 bits per heavy atom. The quantitative estimate of drug-likeness (QED) is 0.760. The predicted molar refractivity (Wildman–Crippen MR) is 79.1 cm³/mol. The van der Waals surface area contributed by atoms with Gasteiger partial charge in [-0.15, -0.1) is 0 Å². The summed E-state index contributed by atoms with van der Waals surface area (Å²) in [6.07, 6.45) is 2.91. The Labute approximate surface area is 117 Å². The molecule has 0 aromatic heterocycles. The normalized spacial score (nSPS) is 20.1. The summed E-state index contributed by atoms with van der Waals surface area (Å²) in [5.41, 5.74) is 1.39. The van der Waals surface area contributed by atoms with Crippen LogP contribution in [0, 0.1) is 3.57 Å². The lowest BCUT2D eigenvalue weighted by Gasteiger charge is -2.23. The standard InChI is InChI=1S/C14H20INO/c1-2-16(11-14-4-3-9-17-14)10-12-5-7-13(15)8-6-12/h5-8,14H,2-4,9-11H2,1H3. The second kappa shape index (κ2) is 6.71. The first kappa shape index (κ1) is 13.3. The van der Waals surface area contributed by atoms with Gasteiger partial charge < -0.3 is 4.74 Å². The minimum absolute atomic E-state index is 0.457. The van der Waals surface area contributed by atoms with Gasteiger partial charge in [0, 0.05) is 23.3 Å². The highest BCUT2D eigenvalue weighted by atomic mass is 127. The van der Waals surface area contributed by atoms with Crippen LogP contribution in [0.5, 0.6) is 0 Å². The minimum atomic E-state index is 0.457. The molecule has 2 nitrogen and oxygen atoms in total. The molecule has 1 aliphatic heterocycles. The van der Waals surface area contributed by atoms with Crippen LogP contribution in [0.1, 0.15) is 25.3 Å². The van der Waals surface area contributed by atoms with Gasteiger partial charge in [-0.25, -0.2) is 0 Å². The van der Waals surface area contributed by atoms with Crippen LogP contribution in [0.4, 0.5) is 0 Å². The van der Waals surface area contributed by atoms with Crippen molar-refractivity contribution in [3.8, 4) is 0 Å². The van der Waals surface area contributed by atoms with Crippen LogP contribution in [0.25, 0.3) is 0 Å². The van der Waals surface area contributed by atoms with E-state index >= 15 is 0 Å². The van der Waals surface area contributed by atoms with E-state index in [9.17, 15) is 0 Å². The molecule has 0 N–H and O–H groups in total. The van der Waals surface area contributed by atoms with E-state index in [1.54, 1.807) is 0 Å². The van der Waals surface area contributed by atoms with E-state index in [0.29, 0.717) is 6.10 Å². The molecular weight excluding hydrogens is 325 g/mol. The molecule has 0 spiro atoms. The fourth-order valence-electron chi connectivity index (χ4n) is 2.23. The van der Waals surface area contributed by atoms with Crippen LogP contribution in [0.15, 0.2) is 24.3 Å². The molecule has 0 radical (unpaired) electrons. The van der Waals surface area contributed by atoms with Crippen molar-refractivity contribution in [3.63, 3.8) is 0 Å². The van der Waals surface area contributed by atoms with Crippen LogP contribution in [-0.2, 0) is 11.3 Å². The first-order chi connectivity index (χ1) is 8.28. The average Bonchev–Trinajstić information content (AvgIpc) is 2.84. The molecule has 1 aromatic rings. The van der Waals surface area contributed by atoms with Crippen LogP contribution >= 0.6 is 22.6 Å². The number of likely N-dealkylation sites (N-methyl/N-ethyl adjacent to an activating group) is 1. The largest absolute Gasteiger partial charge is 0.377 e. The van der Waals surface area contributed by atoms with Crippen molar-refractivity contribution in [1.82, 2.24) is 4.90 Å². The average molecular weight is 345 g/mol. The van der Waals surface area contributed by atoms with Gasteiger partial charge in [-0.1, -0.05) is 19.1 Å². The van der Waals surface area contributed by atoms with E-state index in [1.165, 1.54) is 22.0 Å². The zero-order chi connectivity index (χ0) is 12.1. The van der Waals surface area contributed by atoms with Gasteiger partial charge in [0.1, 0.15) is 0 Å². The molecule has 1 unspecified atom stereocenters. The van der Waals surface area contributed by atoms with Crippen molar-refractivity contribution in [1.29, 1.82) is 0 Å². The van der Waals surface area contributed by atoms with Gasteiger partial charge in [-0.05, 0) is 59.7 Å². The van der Waals surface area contributed by atoms with Crippen molar-refractivity contribution in [2.24, 2.45) is 0 Å². The maximum atomic E-state index is 5.70. The van der Waals surface area contributed by atoms with E-state index in [1.807, 2.05) is 0 Å². The van der Waals surface area contributed by atoms with Crippen molar-refractivity contribution >= 4 is 22.6 Å². The Bertz CT molecular complexity index is 333. The summed E-state index contributed by atoms with van der Waals surface area (Å²) in [6, 6.07) is 8.80. The summed E-state index contributed by atoms with van der Waals surface area (Å²) >= 11 is 2.35. The third-order valence-corrected chi connectivity index (χ3v) is 3.97. The Morgan fingerprint density at radius 3 is 2.71 bits per heavy atom. The lowest BCUT2D eigenvalue weighted by atomic mass is 10.2. The Morgan fingerprint density at radius 1 is 1.35 bits per heavy atom. The monoisotopic (exact) mass is 345 g/mol. The van der Waals surface area contributed by atoms with Gasteiger partial charge in [-0.3, -0.25) is 4.90 Å². The van der Waals surface area contributed by atoms with Crippen molar-refractivity contribution in [2.45, 2.75) is 32.4 Å². The smallest absolute Gasteiger partial charge is 0.0702 e. The van der Waals surface area contributed by atoms with E-state index in [4.69, 9.17) is 4.74 Å². The van der Waals surface area contributed by atoms with Crippen molar-refractivity contribution in [3.05, 3.63) is 33.4 Å². The first-order valence-electron chi connectivity index (χ1n) is 6.36. The second-order valence-corrected chi connectivity index (χ2v) is 5.83. The first-order valence-corrected chi connectivity index (χ1v) is 7.44. The lowest BCUT2D eigenvalue weighted by molar-refractivity contribution is 0.0725. The Balaban J connectivity index is 1.87. The van der Waals surface area contributed by atoms with Gasteiger partial charge in [0.15, 0.2) is 0 Å². The summed E-state index contributed by atoms with van der Waals surface area (Å²) in [5.74, 6) is 0. The summed E-state index contributed by atoms with van der Waals surface area (Å²) in [5, 5.41) is 0. The molecule has 1 aliphatic rings. The number of nitrogens with zero attached hydrogens (tertiary/aromatic N) is 1. The molecule has 1 saturated heterocycles. The number of halogens is 1. The molecule has 0 amide bonds. The lowest BCUT2D eigenvalue weighted by Crippen LogP contribution is -2.31. The highest BCUT2D eigenvalue weighted by Gasteiger charge is 2.18. The fraction of sp³-hybridized carbons (Fsp3) is 0.571. The molecule has 0 aliphatic carbocycles. The highest BCUT2D eigenvalue weighted by molar-refractivity contribution is 14.1. The number of ether oxygens (including phenoxy) is 1. The van der Waals surface area contributed by atoms with Crippen molar-refractivity contribution < 1.29 is 4.74 Å². The van der Waals surface area contributed by atoms with Crippen LogP contribution in [0.2, 0.25) is 0 Å². The third-order valence-electron chi connectivity index (χ3n) is 3.25. The molecule has 1 atom stereocenters. The van der Waals surface area contributed by atoms with E-state index in [0.717, 1.165) is 26.2 Å². The molecule has 1 heterocycles. The molecule has 0 bridgehead atoms. The maximum Gasteiger partial charge on any atom is 0.0702 e. The number of hydrogen-bond acceptors (Lipinski definition) is 2.